The molecular formula is C16H27NO3S. The fourth-order valence-electron chi connectivity index (χ4n) is 2.67. The molecule has 0 saturated heterocycles. The summed E-state index contributed by atoms with van der Waals surface area (Å²) in [5, 5.41) is 14.6. The van der Waals surface area contributed by atoms with Gasteiger partial charge in [0.05, 0.1) is 11.5 Å². The Balaban J connectivity index is 2.65. The molecule has 0 bridgehead atoms. The van der Waals surface area contributed by atoms with Crippen LogP contribution < -0.4 is 0 Å². The minimum absolute atomic E-state index is 0.0588. The molecule has 0 aromatic carbocycles. The summed E-state index contributed by atoms with van der Waals surface area (Å²) >= 11 is 1.90. The molecule has 0 radical (unpaired) electrons. The number of oxime groups is 1. The third-order valence-corrected chi connectivity index (χ3v) is 4.63. The number of allylic oxidation sites excluding steroid dienone is 2. The summed E-state index contributed by atoms with van der Waals surface area (Å²) in [4.78, 5) is 17.2. The zero-order chi connectivity index (χ0) is 15.8. The van der Waals surface area contributed by atoms with Crippen LogP contribution in [0, 0.1) is 5.92 Å². The van der Waals surface area contributed by atoms with Gasteiger partial charge in [0.25, 0.3) is 0 Å². The van der Waals surface area contributed by atoms with E-state index in [4.69, 9.17) is 4.84 Å². The van der Waals surface area contributed by atoms with Gasteiger partial charge in [-0.25, -0.2) is 0 Å². The van der Waals surface area contributed by atoms with Gasteiger partial charge in [0, 0.05) is 30.1 Å². The van der Waals surface area contributed by atoms with Crippen molar-refractivity contribution in [2.75, 3.05) is 12.4 Å². The first-order valence-electron chi connectivity index (χ1n) is 7.69. The van der Waals surface area contributed by atoms with Crippen LogP contribution in [0.5, 0.6) is 0 Å². The Kier molecular flexibility index (Phi) is 7.86. The number of hydrogen-bond donors (Lipinski definition) is 1. The second-order valence-electron chi connectivity index (χ2n) is 5.55. The molecule has 2 atom stereocenters. The Morgan fingerprint density at radius 3 is 2.76 bits per heavy atom. The molecule has 0 spiro atoms. The van der Waals surface area contributed by atoms with Crippen molar-refractivity contribution in [1.82, 2.24) is 0 Å². The molecule has 0 fully saturated rings. The normalized spacial score (nSPS) is 21.6. The first kappa shape index (κ1) is 18.1. The smallest absolute Gasteiger partial charge is 0.162 e. The maximum Gasteiger partial charge on any atom is 0.162 e. The summed E-state index contributed by atoms with van der Waals surface area (Å²) in [6.45, 7) is 8.51. The highest BCUT2D eigenvalue weighted by Crippen LogP contribution is 2.32. The highest BCUT2D eigenvalue weighted by atomic mass is 32.2. The topological polar surface area (TPSA) is 58.9 Å². The minimum atomic E-state index is 0.0588. The van der Waals surface area contributed by atoms with Crippen LogP contribution in [0.15, 0.2) is 16.5 Å². The number of rotatable bonds is 8. The molecule has 0 aromatic rings. The Morgan fingerprint density at radius 2 is 2.19 bits per heavy atom. The van der Waals surface area contributed by atoms with Crippen molar-refractivity contribution in [3.8, 4) is 0 Å². The van der Waals surface area contributed by atoms with Crippen molar-refractivity contribution in [2.45, 2.75) is 58.6 Å². The van der Waals surface area contributed by atoms with Crippen molar-refractivity contribution >= 4 is 23.3 Å². The van der Waals surface area contributed by atoms with Crippen LogP contribution in [0.3, 0.4) is 0 Å². The average molecular weight is 313 g/mol. The molecule has 1 N–H and O–H groups in total. The number of aliphatic hydroxyl groups excluding tert-OH is 1. The summed E-state index contributed by atoms with van der Waals surface area (Å²) in [6, 6.07) is 0. The molecule has 2 unspecified atom stereocenters. The number of carbonyl (C=O) groups excluding carboxylic acids is 1. The molecule has 0 aliphatic heterocycles. The van der Waals surface area contributed by atoms with Gasteiger partial charge in [-0.05, 0) is 31.9 Å². The van der Waals surface area contributed by atoms with Crippen molar-refractivity contribution in [1.29, 1.82) is 0 Å². The standard InChI is InChI=1S/C16H27NO3S/c1-5-20-17-11(3)7-14-15(18)9-13(10-16(14)19)8-12(4)21-6-2/h12-13,18H,5-10H2,1-4H3. The van der Waals surface area contributed by atoms with Gasteiger partial charge in [-0.2, -0.15) is 11.8 Å². The predicted octanol–water partition coefficient (Wildman–Crippen LogP) is 4.11. The Labute approximate surface area is 132 Å². The van der Waals surface area contributed by atoms with Crippen molar-refractivity contribution in [3.05, 3.63) is 11.3 Å². The third-order valence-electron chi connectivity index (χ3n) is 3.54. The lowest BCUT2D eigenvalue weighted by Crippen LogP contribution is -2.23. The van der Waals surface area contributed by atoms with Crippen LogP contribution in [0.25, 0.3) is 0 Å². The summed E-state index contributed by atoms with van der Waals surface area (Å²) in [6.07, 6.45) is 2.51. The fraction of sp³-hybridized carbons (Fsp3) is 0.750. The quantitative estimate of drug-likeness (QED) is 0.541. The molecule has 0 heterocycles. The Morgan fingerprint density at radius 1 is 1.48 bits per heavy atom. The monoisotopic (exact) mass is 313 g/mol. The van der Waals surface area contributed by atoms with Gasteiger partial charge < -0.3 is 9.94 Å². The van der Waals surface area contributed by atoms with E-state index in [9.17, 15) is 9.90 Å². The predicted molar refractivity (Wildman–Crippen MR) is 88.9 cm³/mol. The van der Waals surface area contributed by atoms with E-state index in [1.165, 1.54) is 0 Å². The number of nitrogens with zero attached hydrogens (tertiary/aromatic N) is 1. The third kappa shape index (κ3) is 6.12. The Hall–Kier alpha value is -0.970. The van der Waals surface area contributed by atoms with Crippen LogP contribution >= 0.6 is 11.8 Å². The molecule has 0 aromatic heterocycles. The van der Waals surface area contributed by atoms with Crippen LogP contribution in [-0.4, -0.2) is 34.2 Å². The van der Waals surface area contributed by atoms with Gasteiger partial charge in [-0.3, -0.25) is 4.79 Å². The number of ketones is 1. The van der Waals surface area contributed by atoms with Gasteiger partial charge in [0.1, 0.15) is 6.61 Å². The van der Waals surface area contributed by atoms with Gasteiger partial charge >= 0.3 is 0 Å². The molecule has 5 heteroatoms. The first-order chi connectivity index (χ1) is 9.97. The van der Waals surface area contributed by atoms with E-state index in [0.29, 0.717) is 36.7 Å². The van der Waals surface area contributed by atoms with Crippen LogP contribution in [-0.2, 0) is 9.63 Å². The maximum atomic E-state index is 12.2. The zero-order valence-corrected chi connectivity index (χ0v) is 14.3. The number of carbonyl (C=O) groups is 1. The highest BCUT2D eigenvalue weighted by molar-refractivity contribution is 7.99. The minimum Gasteiger partial charge on any atom is -0.512 e. The largest absolute Gasteiger partial charge is 0.512 e. The number of hydrogen-bond acceptors (Lipinski definition) is 5. The van der Waals surface area contributed by atoms with E-state index < -0.39 is 0 Å². The van der Waals surface area contributed by atoms with Crippen LogP contribution in [0.2, 0.25) is 0 Å². The number of Topliss-reactive ketones (excluding diaryl/α,β-unsaturated/α-hetero) is 1. The summed E-state index contributed by atoms with van der Waals surface area (Å²) in [5.74, 6) is 1.65. The number of aliphatic hydroxyl groups is 1. The molecule has 1 rings (SSSR count). The lowest BCUT2D eigenvalue weighted by atomic mass is 9.83. The molecule has 0 amide bonds. The molecular weight excluding hydrogens is 286 g/mol. The molecule has 4 nitrogen and oxygen atoms in total. The van der Waals surface area contributed by atoms with E-state index in [0.717, 1.165) is 17.9 Å². The fourth-order valence-corrected chi connectivity index (χ4v) is 3.64. The van der Waals surface area contributed by atoms with E-state index in [1.54, 1.807) is 0 Å². The molecule has 120 valence electrons. The lowest BCUT2D eigenvalue weighted by molar-refractivity contribution is -0.117. The van der Waals surface area contributed by atoms with Gasteiger partial charge in [-0.15, -0.1) is 0 Å². The summed E-state index contributed by atoms with van der Waals surface area (Å²) in [7, 11) is 0. The molecule has 21 heavy (non-hydrogen) atoms. The zero-order valence-electron chi connectivity index (χ0n) is 13.5. The van der Waals surface area contributed by atoms with E-state index in [-0.39, 0.29) is 17.5 Å². The lowest BCUT2D eigenvalue weighted by Gasteiger charge is -2.25. The van der Waals surface area contributed by atoms with Crippen LogP contribution in [0.1, 0.15) is 53.4 Å². The SMILES string of the molecule is CCON=C(C)CC1=C(O)CC(CC(C)SCC)CC1=O. The average Bonchev–Trinajstić information content (AvgIpc) is 2.40. The maximum absolute atomic E-state index is 12.2. The van der Waals surface area contributed by atoms with Crippen LogP contribution in [0.4, 0.5) is 0 Å². The van der Waals surface area contributed by atoms with E-state index in [1.807, 2.05) is 25.6 Å². The summed E-state index contributed by atoms with van der Waals surface area (Å²) in [5.41, 5.74) is 1.24. The van der Waals surface area contributed by atoms with E-state index in [2.05, 4.69) is 19.0 Å². The van der Waals surface area contributed by atoms with Crippen molar-refractivity contribution in [2.24, 2.45) is 11.1 Å². The number of thioether (sulfide) groups is 1. The second kappa shape index (κ2) is 9.13. The van der Waals surface area contributed by atoms with Crippen molar-refractivity contribution in [3.63, 3.8) is 0 Å². The molecule has 0 saturated carbocycles. The second-order valence-corrected chi connectivity index (χ2v) is 7.26. The van der Waals surface area contributed by atoms with E-state index >= 15 is 0 Å². The molecule has 1 aliphatic rings. The van der Waals surface area contributed by atoms with Gasteiger partial charge in [-0.1, -0.05) is 19.0 Å². The molecule has 1 aliphatic carbocycles. The van der Waals surface area contributed by atoms with Gasteiger partial charge in [0.2, 0.25) is 0 Å². The van der Waals surface area contributed by atoms with Gasteiger partial charge in [0.15, 0.2) is 5.78 Å². The highest BCUT2D eigenvalue weighted by Gasteiger charge is 2.28. The first-order valence-corrected chi connectivity index (χ1v) is 8.73. The van der Waals surface area contributed by atoms with Crippen molar-refractivity contribution < 1.29 is 14.7 Å². The Bertz CT molecular complexity index is 418. The summed E-state index contributed by atoms with van der Waals surface area (Å²) < 4.78 is 0.